The lowest BCUT2D eigenvalue weighted by atomic mass is 9.97. The SMILES string of the molecule is CC(C)(C)CNC(=O)N1CCN(C(=O)c2cccnc2)CC1. The van der Waals surface area contributed by atoms with Crippen molar-refractivity contribution in [3.8, 4) is 0 Å². The monoisotopic (exact) mass is 304 g/mol. The zero-order valence-corrected chi connectivity index (χ0v) is 13.5. The van der Waals surface area contributed by atoms with Gasteiger partial charge in [-0.3, -0.25) is 9.78 Å². The van der Waals surface area contributed by atoms with E-state index in [9.17, 15) is 9.59 Å². The van der Waals surface area contributed by atoms with Crippen molar-refractivity contribution in [3.05, 3.63) is 30.1 Å². The minimum absolute atomic E-state index is 0.0251. The molecular formula is C16H24N4O2. The van der Waals surface area contributed by atoms with E-state index in [0.717, 1.165) is 0 Å². The third-order valence-corrected chi connectivity index (χ3v) is 3.53. The third-order valence-electron chi connectivity index (χ3n) is 3.53. The number of carbonyl (C=O) groups excluding carboxylic acids is 2. The van der Waals surface area contributed by atoms with Gasteiger partial charge in [-0.25, -0.2) is 4.79 Å². The summed E-state index contributed by atoms with van der Waals surface area (Å²) in [7, 11) is 0. The Bertz CT molecular complexity index is 517. The summed E-state index contributed by atoms with van der Waals surface area (Å²) in [5, 5.41) is 2.94. The van der Waals surface area contributed by atoms with Gasteiger partial charge in [0.25, 0.3) is 5.91 Å². The van der Waals surface area contributed by atoms with Crippen molar-refractivity contribution < 1.29 is 9.59 Å². The molecule has 0 unspecified atom stereocenters. The maximum absolute atomic E-state index is 12.3. The highest BCUT2D eigenvalue weighted by Gasteiger charge is 2.25. The number of hydrogen-bond donors (Lipinski definition) is 1. The number of hydrogen-bond acceptors (Lipinski definition) is 3. The molecular weight excluding hydrogens is 280 g/mol. The number of carbonyl (C=O) groups is 2. The van der Waals surface area contributed by atoms with Crippen molar-refractivity contribution in [1.82, 2.24) is 20.1 Å². The molecule has 0 bridgehead atoms. The van der Waals surface area contributed by atoms with Crippen molar-refractivity contribution in [1.29, 1.82) is 0 Å². The molecule has 6 nitrogen and oxygen atoms in total. The Balaban J connectivity index is 1.83. The Morgan fingerprint density at radius 2 is 1.82 bits per heavy atom. The van der Waals surface area contributed by atoms with Gasteiger partial charge in [0.15, 0.2) is 0 Å². The quantitative estimate of drug-likeness (QED) is 0.902. The number of urea groups is 1. The Morgan fingerprint density at radius 1 is 1.18 bits per heavy atom. The van der Waals surface area contributed by atoms with E-state index in [1.807, 2.05) is 0 Å². The van der Waals surface area contributed by atoms with E-state index in [2.05, 4.69) is 31.1 Å². The molecule has 1 aromatic heterocycles. The molecule has 0 aromatic carbocycles. The third kappa shape index (κ3) is 4.44. The summed E-state index contributed by atoms with van der Waals surface area (Å²) in [6, 6.07) is 3.46. The maximum Gasteiger partial charge on any atom is 0.317 e. The van der Waals surface area contributed by atoms with Crippen molar-refractivity contribution in [2.24, 2.45) is 5.41 Å². The molecule has 0 saturated carbocycles. The topological polar surface area (TPSA) is 65.5 Å². The first-order chi connectivity index (χ1) is 10.4. The molecule has 22 heavy (non-hydrogen) atoms. The lowest BCUT2D eigenvalue weighted by molar-refractivity contribution is 0.0663. The van der Waals surface area contributed by atoms with Crippen LogP contribution < -0.4 is 5.32 Å². The normalized spacial score (nSPS) is 15.6. The first kappa shape index (κ1) is 16.3. The van der Waals surface area contributed by atoms with E-state index >= 15 is 0 Å². The number of rotatable bonds is 2. The minimum atomic E-state index is -0.0524. The van der Waals surface area contributed by atoms with Gasteiger partial charge in [0, 0.05) is 45.1 Å². The summed E-state index contributed by atoms with van der Waals surface area (Å²) in [5.74, 6) is -0.0251. The predicted molar refractivity (Wildman–Crippen MR) is 84.6 cm³/mol. The number of nitrogens with zero attached hydrogens (tertiary/aromatic N) is 3. The van der Waals surface area contributed by atoms with Gasteiger partial charge in [0.2, 0.25) is 0 Å². The van der Waals surface area contributed by atoms with E-state index in [-0.39, 0.29) is 17.4 Å². The van der Waals surface area contributed by atoms with E-state index in [1.165, 1.54) is 0 Å². The number of aromatic nitrogens is 1. The summed E-state index contributed by atoms with van der Waals surface area (Å²) in [6.07, 6.45) is 3.22. The molecule has 0 spiro atoms. The van der Waals surface area contributed by atoms with Crippen LogP contribution in [-0.2, 0) is 0 Å². The van der Waals surface area contributed by atoms with Crippen molar-refractivity contribution in [2.75, 3.05) is 32.7 Å². The molecule has 0 atom stereocenters. The molecule has 1 aliphatic rings. The second-order valence-corrected chi connectivity index (χ2v) is 6.74. The fourth-order valence-corrected chi connectivity index (χ4v) is 2.24. The van der Waals surface area contributed by atoms with Gasteiger partial charge in [-0.05, 0) is 17.5 Å². The van der Waals surface area contributed by atoms with Gasteiger partial charge < -0.3 is 15.1 Å². The highest BCUT2D eigenvalue weighted by Crippen LogP contribution is 2.11. The van der Waals surface area contributed by atoms with Crippen LogP contribution >= 0.6 is 0 Å². The standard InChI is InChI=1S/C16H24N4O2/c1-16(2,3)12-18-15(22)20-9-7-19(8-10-20)14(21)13-5-4-6-17-11-13/h4-6,11H,7-10,12H2,1-3H3,(H,18,22). The highest BCUT2D eigenvalue weighted by atomic mass is 16.2. The summed E-state index contributed by atoms with van der Waals surface area (Å²) in [4.78, 5) is 31.9. The van der Waals surface area contributed by atoms with Crippen LogP contribution in [0, 0.1) is 5.41 Å². The van der Waals surface area contributed by atoms with Crippen LogP contribution in [0.25, 0.3) is 0 Å². The lowest BCUT2D eigenvalue weighted by Crippen LogP contribution is -2.53. The average Bonchev–Trinajstić information content (AvgIpc) is 2.52. The Kier molecular flexibility index (Phi) is 5.00. The second-order valence-electron chi connectivity index (χ2n) is 6.74. The summed E-state index contributed by atoms with van der Waals surface area (Å²) in [6.45, 7) is 9.10. The zero-order chi connectivity index (χ0) is 16.2. The zero-order valence-electron chi connectivity index (χ0n) is 13.5. The summed E-state index contributed by atoms with van der Waals surface area (Å²) >= 11 is 0. The lowest BCUT2D eigenvalue weighted by Gasteiger charge is -2.35. The Morgan fingerprint density at radius 3 is 2.36 bits per heavy atom. The number of amides is 3. The van der Waals surface area contributed by atoms with Crippen LogP contribution in [0.2, 0.25) is 0 Å². The van der Waals surface area contributed by atoms with Gasteiger partial charge in [-0.1, -0.05) is 20.8 Å². The van der Waals surface area contributed by atoms with Crippen LogP contribution in [0.15, 0.2) is 24.5 Å². The first-order valence-electron chi connectivity index (χ1n) is 7.59. The van der Waals surface area contributed by atoms with Gasteiger partial charge in [0.1, 0.15) is 0 Å². The van der Waals surface area contributed by atoms with Gasteiger partial charge in [-0.2, -0.15) is 0 Å². The molecule has 3 amide bonds. The largest absolute Gasteiger partial charge is 0.337 e. The first-order valence-corrected chi connectivity index (χ1v) is 7.59. The molecule has 1 aliphatic heterocycles. The Hall–Kier alpha value is -2.11. The molecule has 2 heterocycles. The molecule has 1 fully saturated rings. The minimum Gasteiger partial charge on any atom is -0.337 e. The number of pyridine rings is 1. The van der Waals surface area contributed by atoms with Gasteiger partial charge in [0.05, 0.1) is 5.56 Å². The van der Waals surface area contributed by atoms with Crippen LogP contribution in [-0.4, -0.2) is 59.4 Å². The molecule has 2 rings (SSSR count). The van der Waals surface area contributed by atoms with Crippen molar-refractivity contribution in [2.45, 2.75) is 20.8 Å². The van der Waals surface area contributed by atoms with Gasteiger partial charge in [-0.15, -0.1) is 0 Å². The van der Waals surface area contributed by atoms with E-state index < -0.39 is 0 Å². The summed E-state index contributed by atoms with van der Waals surface area (Å²) in [5.41, 5.74) is 0.654. The molecule has 6 heteroatoms. The second kappa shape index (κ2) is 6.77. The molecule has 0 radical (unpaired) electrons. The van der Waals surface area contributed by atoms with Crippen LogP contribution in [0.1, 0.15) is 31.1 Å². The van der Waals surface area contributed by atoms with E-state index in [0.29, 0.717) is 38.3 Å². The number of nitrogens with one attached hydrogen (secondary N) is 1. The molecule has 1 aromatic rings. The molecule has 1 N–H and O–H groups in total. The maximum atomic E-state index is 12.3. The summed E-state index contributed by atoms with van der Waals surface area (Å²) < 4.78 is 0. The number of piperazine rings is 1. The smallest absolute Gasteiger partial charge is 0.317 e. The molecule has 0 aliphatic carbocycles. The Labute approximate surface area is 131 Å². The predicted octanol–water partition coefficient (Wildman–Crippen LogP) is 1.60. The van der Waals surface area contributed by atoms with Crippen LogP contribution in [0.4, 0.5) is 4.79 Å². The van der Waals surface area contributed by atoms with Crippen molar-refractivity contribution >= 4 is 11.9 Å². The average molecular weight is 304 g/mol. The van der Waals surface area contributed by atoms with E-state index in [1.54, 1.807) is 34.3 Å². The fraction of sp³-hybridized carbons (Fsp3) is 0.562. The van der Waals surface area contributed by atoms with E-state index in [4.69, 9.17) is 0 Å². The van der Waals surface area contributed by atoms with Gasteiger partial charge >= 0.3 is 6.03 Å². The molecule has 1 saturated heterocycles. The fourth-order valence-electron chi connectivity index (χ4n) is 2.24. The molecule has 120 valence electrons. The van der Waals surface area contributed by atoms with Crippen LogP contribution in [0.3, 0.4) is 0 Å². The van der Waals surface area contributed by atoms with Crippen molar-refractivity contribution in [3.63, 3.8) is 0 Å². The van der Waals surface area contributed by atoms with Crippen LogP contribution in [0.5, 0.6) is 0 Å². The highest BCUT2D eigenvalue weighted by molar-refractivity contribution is 5.94.